The van der Waals surface area contributed by atoms with Gasteiger partial charge in [-0.3, -0.25) is 0 Å². The molecule has 1 spiro atoms. The minimum Gasteiger partial charge on any atom is -0.315 e. The van der Waals surface area contributed by atoms with E-state index in [4.69, 9.17) is 0 Å². The van der Waals surface area contributed by atoms with Crippen LogP contribution in [0.1, 0.15) is 19.8 Å². The summed E-state index contributed by atoms with van der Waals surface area (Å²) in [6.45, 7) is 4.76. The van der Waals surface area contributed by atoms with Crippen LogP contribution in [0.3, 0.4) is 0 Å². The van der Waals surface area contributed by atoms with E-state index in [0.29, 0.717) is 13.1 Å². The first-order valence-electron chi connectivity index (χ1n) is 5.09. The van der Waals surface area contributed by atoms with Gasteiger partial charge in [-0.2, -0.15) is 12.7 Å². The minimum atomic E-state index is -3.20. The van der Waals surface area contributed by atoms with E-state index in [2.05, 4.69) is 10.0 Å². The van der Waals surface area contributed by atoms with Gasteiger partial charge in [-0.15, -0.1) is 0 Å². The second-order valence-corrected chi connectivity index (χ2v) is 5.68. The summed E-state index contributed by atoms with van der Waals surface area (Å²) in [5.41, 5.74) is -0.203. The molecule has 0 aromatic carbocycles. The van der Waals surface area contributed by atoms with E-state index < -0.39 is 10.2 Å². The van der Waals surface area contributed by atoms with E-state index >= 15 is 0 Å². The van der Waals surface area contributed by atoms with Crippen LogP contribution in [-0.4, -0.2) is 44.4 Å². The number of hydrogen-bond acceptors (Lipinski definition) is 3. The molecule has 1 unspecified atom stereocenters. The first-order chi connectivity index (χ1) is 6.61. The largest absolute Gasteiger partial charge is 0.315 e. The van der Waals surface area contributed by atoms with Crippen LogP contribution in [0, 0.1) is 0 Å². The van der Waals surface area contributed by atoms with E-state index in [1.807, 2.05) is 6.92 Å². The van der Waals surface area contributed by atoms with E-state index in [-0.39, 0.29) is 5.54 Å². The highest BCUT2D eigenvalue weighted by atomic mass is 32.2. The van der Waals surface area contributed by atoms with Crippen molar-refractivity contribution in [2.75, 3.05) is 26.2 Å². The van der Waals surface area contributed by atoms with Crippen LogP contribution in [0.4, 0.5) is 0 Å². The van der Waals surface area contributed by atoms with Gasteiger partial charge < -0.3 is 5.32 Å². The molecule has 2 aliphatic heterocycles. The van der Waals surface area contributed by atoms with E-state index in [1.165, 1.54) is 0 Å². The van der Waals surface area contributed by atoms with Crippen molar-refractivity contribution < 1.29 is 8.42 Å². The van der Waals surface area contributed by atoms with Crippen molar-refractivity contribution in [3.63, 3.8) is 0 Å². The second-order valence-electron chi connectivity index (χ2n) is 4.00. The lowest BCUT2D eigenvalue weighted by atomic mass is 9.90. The fourth-order valence-electron chi connectivity index (χ4n) is 2.47. The van der Waals surface area contributed by atoms with Gasteiger partial charge in [-0.1, -0.05) is 6.92 Å². The molecule has 1 atom stereocenters. The van der Waals surface area contributed by atoms with Crippen LogP contribution in [0.2, 0.25) is 0 Å². The summed E-state index contributed by atoms with van der Waals surface area (Å²) in [6, 6.07) is 0. The summed E-state index contributed by atoms with van der Waals surface area (Å²) in [7, 11) is -3.20. The summed E-state index contributed by atoms with van der Waals surface area (Å²) in [5, 5.41) is 3.27. The number of likely N-dealkylation sites (N-methyl/N-ethyl adjacent to an activating group) is 1. The van der Waals surface area contributed by atoms with Gasteiger partial charge in [-0.05, 0) is 19.4 Å². The monoisotopic (exact) mass is 219 g/mol. The van der Waals surface area contributed by atoms with Crippen molar-refractivity contribution in [3.05, 3.63) is 0 Å². The van der Waals surface area contributed by atoms with Crippen molar-refractivity contribution in [1.29, 1.82) is 0 Å². The van der Waals surface area contributed by atoms with Crippen LogP contribution >= 0.6 is 0 Å². The molecular formula is C8H17N3O2S. The Hall–Kier alpha value is -0.170. The van der Waals surface area contributed by atoms with E-state index in [1.54, 1.807) is 4.31 Å². The van der Waals surface area contributed by atoms with Crippen molar-refractivity contribution in [2.45, 2.75) is 25.3 Å². The molecule has 2 saturated heterocycles. The standard InChI is InChI=1S/C8H17N3O2S/c1-2-11-8(4-3-5-9-6-8)7-10-14(11,12)13/h9-10H,2-7H2,1H3. The SMILES string of the molecule is CCN1C2(CCCNC2)CNS1(=O)=O. The van der Waals surface area contributed by atoms with Gasteiger partial charge in [-0.25, -0.2) is 4.72 Å². The first kappa shape index (κ1) is 10.4. The van der Waals surface area contributed by atoms with E-state index in [0.717, 1.165) is 25.9 Å². The van der Waals surface area contributed by atoms with Crippen molar-refractivity contribution in [2.24, 2.45) is 0 Å². The summed E-state index contributed by atoms with van der Waals surface area (Å²) in [6.07, 6.45) is 2.01. The van der Waals surface area contributed by atoms with Gasteiger partial charge in [0.2, 0.25) is 0 Å². The van der Waals surface area contributed by atoms with Gasteiger partial charge in [0.15, 0.2) is 0 Å². The van der Waals surface area contributed by atoms with Gasteiger partial charge in [0, 0.05) is 19.6 Å². The van der Waals surface area contributed by atoms with Gasteiger partial charge >= 0.3 is 0 Å². The predicted octanol–water partition coefficient (Wildman–Crippen LogP) is -0.721. The second kappa shape index (κ2) is 3.44. The number of hydrogen-bond donors (Lipinski definition) is 2. The molecule has 6 heteroatoms. The molecule has 82 valence electrons. The highest BCUT2D eigenvalue weighted by molar-refractivity contribution is 7.87. The van der Waals surface area contributed by atoms with Crippen LogP contribution in [0.5, 0.6) is 0 Å². The van der Waals surface area contributed by atoms with Crippen molar-refractivity contribution in [3.8, 4) is 0 Å². The van der Waals surface area contributed by atoms with Crippen molar-refractivity contribution >= 4 is 10.2 Å². The van der Waals surface area contributed by atoms with Crippen LogP contribution in [0.25, 0.3) is 0 Å². The molecule has 5 nitrogen and oxygen atoms in total. The molecule has 2 heterocycles. The molecule has 0 radical (unpaired) electrons. The number of rotatable bonds is 1. The third-order valence-electron chi connectivity index (χ3n) is 3.14. The Morgan fingerprint density at radius 2 is 2.21 bits per heavy atom. The fourth-order valence-corrected chi connectivity index (χ4v) is 4.14. The lowest BCUT2D eigenvalue weighted by molar-refractivity contribution is 0.175. The van der Waals surface area contributed by atoms with Crippen LogP contribution < -0.4 is 10.0 Å². The molecule has 0 amide bonds. The number of nitrogens with one attached hydrogen (secondary N) is 2. The molecule has 2 aliphatic rings. The van der Waals surface area contributed by atoms with E-state index in [9.17, 15) is 8.42 Å². The van der Waals surface area contributed by atoms with Crippen LogP contribution in [0.15, 0.2) is 0 Å². The zero-order valence-corrected chi connectivity index (χ0v) is 9.23. The normalized spacial score (nSPS) is 37.8. The lowest BCUT2D eigenvalue weighted by Crippen LogP contribution is -2.56. The summed E-state index contributed by atoms with van der Waals surface area (Å²) < 4.78 is 27.5. The molecular weight excluding hydrogens is 202 g/mol. The highest BCUT2D eigenvalue weighted by Gasteiger charge is 2.49. The Bertz CT molecular complexity index is 309. The van der Waals surface area contributed by atoms with Crippen molar-refractivity contribution in [1.82, 2.24) is 14.3 Å². The van der Waals surface area contributed by atoms with Gasteiger partial charge in [0.05, 0.1) is 5.54 Å². The van der Waals surface area contributed by atoms with Gasteiger partial charge in [0.1, 0.15) is 0 Å². The molecule has 0 aliphatic carbocycles. The maximum Gasteiger partial charge on any atom is 0.280 e. The average Bonchev–Trinajstić information content (AvgIpc) is 2.40. The Labute approximate surface area is 85.0 Å². The molecule has 0 aromatic rings. The first-order valence-corrected chi connectivity index (χ1v) is 6.53. The smallest absolute Gasteiger partial charge is 0.280 e. The molecule has 2 rings (SSSR count). The van der Waals surface area contributed by atoms with Crippen LogP contribution in [-0.2, 0) is 10.2 Å². The number of piperidine rings is 1. The Balaban J connectivity index is 2.27. The molecule has 0 saturated carbocycles. The highest BCUT2D eigenvalue weighted by Crippen LogP contribution is 2.30. The number of nitrogens with zero attached hydrogens (tertiary/aromatic N) is 1. The summed E-state index contributed by atoms with van der Waals surface area (Å²) >= 11 is 0. The average molecular weight is 219 g/mol. The summed E-state index contributed by atoms with van der Waals surface area (Å²) in [5.74, 6) is 0. The predicted molar refractivity (Wildman–Crippen MR) is 54.1 cm³/mol. The molecule has 0 bridgehead atoms. The molecule has 0 aromatic heterocycles. The zero-order chi connectivity index (χ0) is 10.2. The quantitative estimate of drug-likeness (QED) is 0.612. The summed E-state index contributed by atoms with van der Waals surface area (Å²) in [4.78, 5) is 0. The minimum absolute atomic E-state index is 0.203. The Kier molecular flexibility index (Phi) is 2.55. The molecule has 2 N–H and O–H groups in total. The topological polar surface area (TPSA) is 61.4 Å². The maximum absolute atomic E-state index is 11.7. The third-order valence-corrected chi connectivity index (χ3v) is 4.87. The Morgan fingerprint density at radius 3 is 2.79 bits per heavy atom. The zero-order valence-electron chi connectivity index (χ0n) is 8.41. The van der Waals surface area contributed by atoms with Gasteiger partial charge in [0.25, 0.3) is 10.2 Å². The maximum atomic E-state index is 11.7. The Morgan fingerprint density at radius 1 is 1.43 bits per heavy atom. The lowest BCUT2D eigenvalue weighted by Gasteiger charge is -2.38. The third kappa shape index (κ3) is 1.46. The fraction of sp³-hybridized carbons (Fsp3) is 1.00. The molecule has 14 heavy (non-hydrogen) atoms. The molecule has 2 fully saturated rings.